The van der Waals surface area contributed by atoms with Gasteiger partial charge in [-0.3, -0.25) is 4.40 Å². The average Bonchev–Trinajstić information content (AvgIpc) is 3.42. The molecule has 4 heterocycles. The van der Waals surface area contributed by atoms with Gasteiger partial charge in [0.2, 0.25) is 0 Å². The minimum absolute atomic E-state index is 0.437. The van der Waals surface area contributed by atoms with Crippen LogP contribution in [0.2, 0.25) is 0 Å². The van der Waals surface area contributed by atoms with Crippen LogP contribution < -0.4 is 16.4 Å². The van der Waals surface area contributed by atoms with Gasteiger partial charge in [0.25, 0.3) is 0 Å². The number of imidazole rings is 1. The maximum Gasteiger partial charge on any atom is 0.187 e. The molecule has 4 N–H and O–H groups in total. The van der Waals surface area contributed by atoms with E-state index in [9.17, 15) is 0 Å². The number of nitrogens with zero attached hydrogens (tertiary/aromatic N) is 4. The molecule has 31 heavy (non-hydrogen) atoms. The fourth-order valence-corrected chi connectivity index (χ4v) is 4.04. The zero-order valence-electron chi connectivity index (χ0n) is 16.5. The highest BCUT2D eigenvalue weighted by atomic mass is 32.1. The van der Waals surface area contributed by atoms with Crippen LogP contribution in [0.3, 0.4) is 0 Å². The SMILES string of the molecule is C=C(Nc1cccnc1N)c1ccc(Nc2ncc(-c3cnc4ccccn34)s2)cc1. The fraction of sp³-hybridized carbons (Fsp3) is 0. The summed E-state index contributed by atoms with van der Waals surface area (Å²) in [6.45, 7) is 4.10. The topological polar surface area (TPSA) is 93.2 Å². The summed E-state index contributed by atoms with van der Waals surface area (Å²) in [4.78, 5) is 14.1. The van der Waals surface area contributed by atoms with Crippen LogP contribution in [0.15, 0.2) is 86.0 Å². The van der Waals surface area contributed by atoms with Crippen molar-refractivity contribution in [1.82, 2.24) is 19.4 Å². The highest BCUT2D eigenvalue weighted by Crippen LogP contribution is 2.31. The standard InChI is InChI=1S/C23H19N7S/c1-15(28-18-5-4-11-25-22(18)24)16-7-9-17(10-8-16)29-23-27-14-20(31-23)19-13-26-21-6-2-3-12-30(19)21/h2-14,28H,1H2,(H2,24,25)(H,27,29). The molecule has 0 radical (unpaired) electrons. The van der Waals surface area contributed by atoms with E-state index in [1.807, 2.05) is 73.2 Å². The number of benzene rings is 1. The van der Waals surface area contributed by atoms with E-state index in [0.717, 1.165) is 44.0 Å². The Balaban J connectivity index is 1.29. The third-order valence-electron chi connectivity index (χ3n) is 4.78. The van der Waals surface area contributed by atoms with Crippen molar-refractivity contribution >= 4 is 45.0 Å². The van der Waals surface area contributed by atoms with Crippen molar-refractivity contribution in [2.75, 3.05) is 16.4 Å². The summed E-state index contributed by atoms with van der Waals surface area (Å²) in [5, 5.41) is 7.38. The number of anilines is 4. The molecule has 0 unspecified atom stereocenters. The lowest BCUT2D eigenvalue weighted by molar-refractivity contribution is 1.19. The highest BCUT2D eigenvalue weighted by molar-refractivity contribution is 7.18. The number of hydrogen-bond donors (Lipinski definition) is 3. The monoisotopic (exact) mass is 425 g/mol. The van der Waals surface area contributed by atoms with Crippen LogP contribution in [0.1, 0.15) is 5.56 Å². The van der Waals surface area contributed by atoms with E-state index in [2.05, 4.69) is 36.6 Å². The number of aromatic nitrogens is 4. The third-order valence-corrected chi connectivity index (χ3v) is 5.72. The van der Waals surface area contributed by atoms with Crippen molar-refractivity contribution in [2.24, 2.45) is 0 Å². The zero-order valence-corrected chi connectivity index (χ0v) is 17.3. The molecule has 7 nitrogen and oxygen atoms in total. The summed E-state index contributed by atoms with van der Waals surface area (Å²) in [6, 6.07) is 17.6. The molecule has 4 aromatic heterocycles. The van der Waals surface area contributed by atoms with Crippen molar-refractivity contribution < 1.29 is 0 Å². The number of pyridine rings is 2. The Morgan fingerprint density at radius 1 is 0.968 bits per heavy atom. The minimum Gasteiger partial charge on any atom is -0.382 e. The highest BCUT2D eigenvalue weighted by Gasteiger charge is 2.10. The summed E-state index contributed by atoms with van der Waals surface area (Å²) in [5.74, 6) is 0.437. The van der Waals surface area contributed by atoms with Gasteiger partial charge in [0.05, 0.1) is 22.5 Å². The van der Waals surface area contributed by atoms with E-state index in [-0.39, 0.29) is 0 Å². The quantitative estimate of drug-likeness (QED) is 0.344. The summed E-state index contributed by atoms with van der Waals surface area (Å²) >= 11 is 1.58. The first-order chi connectivity index (χ1) is 15.2. The first-order valence-electron chi connectivity index (χ1n) is 9.59. The Labute approximate surface area is 183 Å². The van der Waals surface area contributed by atoms with Gasteiger partial charge in [-0.25, -0.2) is 15.0 Å². The molecule has 0 aliphatic carbocycles. The zero-order chi connectivity index (χ0) is 21.2. The van der Waals surface area contributed by atoms with E-state index in [4.69, 9.17) is 5.73 Å². The Kier molecular flexibility index (Phi) is 4.81. The number of nitrogens with two attached hydrogens (primary N) is 1. The molecule has 5 rings (SSSR count). The third kappa shape index (κ3) is 3.84. The predicted octanol–water partition coefficient (Wildman–Crippen LogP) is 5.26. The largest absolute Gasteiger partial charge is 0.382 e. The van der Waals surface area contributed by atoms with Crippen molar-refractivity contribution in [2.45, 2.75) is 0 Å². The molecule has 8 heteroatoms. The lowest BCUT2D eigenvalue weighted by atomic mass is 10.1. The van der Waals surface area contributed by atoms with E-state index in [1.54, 1.807) is 17.5 Å². The van der Waals surface area contributed by atoms with Gasteiger partial charge in [-0.15, -0.1) is 0 Å². The maximum absolute atomic E-state index is 5.89. The van der Waals surface area contributed by atoms with Gasteiger partial charge < -0.3 is 16.4 Å². The number of thiazole rings is 1. The molecular weight excluding hydrogens is 406 g/mol. The van der Waals surface area contributed by atoms with Gasteiger partial charge in [0.15, 0.2) is 5.13 Å². The van der Waals surface area contributed by atoms with E-state index in [1.165, 1.54) is 0 Å². The van der Waals surface area contributed by atoms with Crippen molar-refractivity contribution in [3.63, 3.8) is 0 Å². The lowest BCUT2D eigenvalue weighted by Crippen LogP contribution is -2.02. The average molecular weight is 426 g/mol. The lowest BCUT2D eigenvalue weighted by Gasteiger charge is -2.12. The Morgan fingerprint density at radius 2 is 1.84 bits per heavy atom. The number of nitrogen functional groups attached to an aromatic ring is 1. The Hall–Kier alpha value is -4.17. The molecule has 0 aliphatic heterocycles. The van der Waals surface area contributed by atoms with Gasteiger partial charge in [-0.2, -0.15) is 0 Å². The van der Waals surface area contributed by atoms with E-state index >= 15 is 0 Å². The number of nitrogens with one attached hydrogen (secondary N) is 2. The van der Waals surface area contributed by atoms with Crippen LogP contribution in [0.25, 0.3) is 21.9 Å². The molecule has 0 fully saturated rings. The van der Waals surface area contributed by atoms with Crippen LogP contribution >= 0.6 is 11.3 Å². The van der Waals surface area contributed by atoms with Crippen LogP contribution in [-0.4, -0.2) is 19.4 Å². The fourth-order valence-electron chi connectivity index (χ4n) is 3.20. The van der Waals surface area contributed by atoms with Crippen molar-refractivity contribution in [3.05, 3.63) is 91.5 Å². The van der Waals surface area contributed by atoms with Gasteiger partial charge in [0, 0.05) is 30.0 Å². The predicted molar refractivity (Wildman–Crippen MR) is 127 cm³/mol. The molecule has 152 valence electrons. The van der Waals surface area contributed by atoms with Crippen molar-refractivity contribution in [3.8, 4) is 10.6 Å². The maximum atomic E-state index is 5.89. The Morgan fingerprint density at radius 3 is 2.68 bits per heavy atom. The summed E-state index contributed by atoms with van der Waals surface area (Å²) < 4.78 is 2.06. The second-order valence-electron chi connectivity index (χ2n) is 6.84. The van der Waals surface area contributed by atoms with Gasteiger partial charge >= 0.3 is 0 Å². The molecule has 0 aliphatic rings. The second kappa shape index (κ2) is 7.92. The number of hydrogen-bond acceptors (Lipinski definition) is 7. The molecule has 0 saturated carbocycles. The first kappa shape index (κ1) is 18.8. The molecule has 1 aromatic carbocycles. The second-order valence-corrected chi connectivity index (χ2v) is 7.87. The van der Waals surface area contributed by atoms with Crippen LogP contribution in [0.5, 0.6) is 0 Å². The summed E-state index contributed by atoms with van der Waals surface area (Å²) in [6.07, 6.45) is 7.39. The van der Waals surface area contributed by atoms with Crippen LogP contribution in [-0.2, 0) is 0 Å². The number of rotatable bonds is 6. The van der Waals surface area contributed by atoms with Crippen molar-refractivity contribution in [1.29, 1.82) is 0 Å². The van der Waals surface area contributed by atoms with E-state index in [0.29, 0.717) is 5.82 Å². The molecule has 5 aromatic rings. The first-order valence-corrected chi connectivity index (χ1v) is 10.4. The van der Waals surface area contributed by atoms with Gasteiger partial charge in [-0.05, 0) is 42.0 Å². The molecule has 0 atom stereocenters. The molecular formula is C23H19N7S. The van der Waals surface area contributed by atoms with E-state index < -0.39 is 0 Å². The normalized spacial score (nSPS) is 10.8. The minimum atomic E-state index is 0.437. The molecule has 0 spiro atoms. The summed E-state index contributed by atoms with van der Waals surface area (Å²) in [5.41, 5.74) is 11.2. The molecule has 0 saturated heterocycles. The van der Waals surface area contributed by atoms with Gasteiger partial charge in [-0.1, -0.05) is 36.1 Å². The van der Waals surface area contributed by atoms with Crippen LogP contribution in [0.4, 0.5) is 22.3 Å². The van der Waals surface area contributed by atoms with Crippen LogP contribution in [0, 0.1) is 0 Å². The molecule has 0 amide bonds. The summed E-state index contributed by atoms with van der Waals surface area (Å²) in [7, 11) is 0. The molecule has 0 bridgehead atoms. The van der Waals surface area contributed by atoms with Gasteiger partial charge in [0.1, 0.15) is 11.5 Å². The number of fused-ring (bicyclic) bond motifs is 1. The Bertz CT molecular complexity index is 1370. The smallest absolute Gasteiger partial charge is 0.187 e.